The summed E-state index contributed by atoms with van der Waals surface area (Å²) in [4.78, 5) is 18.3. The van der Waals surface area contributed by atoms with Crippen LogP contribution in [0.4, 0.5) is 0 Å². The summed E-state index contributed by atoms with van der Waals surface area (Å²) in [5.74, 6) is -0.222. The normalized spacial score (nSPS) is 26.0. The van der Waals surface area contributed by atoms with E-state index in [1.807, 2.05) is 12.3 Å². The Morgan fingerprint density at radius 1 is 1.42 bits per heavy atom. The van der Waals surface area contributed by atoms with E-state index in [1.165, 1.54) is 28.2 Å². The van der Waals surface area contributed by atoms with Crippen LogP contribution in [-0.2, 0) is 16.6 Å². The maximum Gasteiger partial charge on any atom is 0.257 e. The van der Waals surface area contributed by atoms with Crippen LogP contribution in [0.15, 0.2) is 28.4 Å². The molecule has 9 heteroatoms. The van der Waals surface area contributed by atoms with Crippen LogP contribution in [0.1, 0.15) is 21.1 Å². The zero-order chi connectivity index (χ0) is 16.9. The zero-order valence-corrected chi connectivity index (χ0v) is 14.7. The Labute approximate surface area is 143 Å². The highest BCUT2D eigenvalue weighted by Crippen LogP contribution is 2.35. The van der Waals surface area contributed by atoms with Crippen molar-refractivity contribution >= 4 is 27.3 Å². The lowest BCUT2D eigenvalue weighted by molar-refractivity contribution is 0.0784. The number of amides is 1. The van der Waals surface area contributed by atoms with Crippen LogP contribution in [0.2, 0.25) is 0 Å². The van der Waals surface area contributed by atoms with Gasteiger partial charge in [0.2, 0.25) is 10.0 Å². The fourth-order valence-corrected chi connectivity index (χ4v) is 6.19. The molecule has 1 amide bonds. The van der Waals surface area contributed by atoms with E-state index in [0.717, 1.165) is 10.7 Å². The molecule has 0 bridgehead atoms. The molecule has 2 fully saturated rings. The molecule has 2 aromatic rings. The summed E-state index contributed by atoms with van der Waals surface area (Å²) in [6.45, 7) is 3.36. The number of aromatic nitrogens is 1. The summed E-state index contributed by atoms with van der Waals surface area (Å²) in [5.41, 5.74) is 1.24. The summed E-state index contributed by atoms with van der Waals surface area (Å²) >= 11 is 1.52. The Bertz CT molecular complexity index is 859. The number of carbonyl (C=O) groups is 1. The molecule has 4 rings (SSSR count). The van der Waals surface area contributed by atoms with E-state index in [2.05, 4.69) is 4.98 Å². The molecule has 128 valence electrons. The first-order valence-electron chi connectivity index (χ1n) is 7.66. The number of hydrogen-bond acceptors (Lipinski definition) is 6. The van der Waals surface area contributed by atoms with Crippen LogP contribution in [-0.4, -0.2) is 53.4 Å². The van der Waals surface area contributed by atoms with Crippen molar-refractivity contribution in [1.29, 1.82) is 0 Å². The quantitative estimate of drug-likeness (QED) is 0.817. The molecule has 4 heterocycles. The van der Waals surface area contributed by atoms with Gasteiger partial charge in [0.25, 0.3) is 5.91 Å². The molecule has 0 N–H and O–H groups in total. The van der Waals surface area contributed by atoms with Crippen molar-refractivity contribution in [1.82, 2.24) is 14.2 Å². The first-order chi connectivity index (χ1) is 11.4. The second-order valence-corrected chi connectivity index (χ2v) is 9.43. The molecule has 24 heavy (non-hydrogen) atoms. The second-order valence-electron chi connectivity index (χ2n) is 6.22. The van der Waals surface area contributed by atoms with Gasteiger partial charge in [0, 0.05) is 30.9 Å². The molecule has 0 saturated carbocycles. The largest absolute Gasteiger partial charge is 0.472 e. The molecule has 0 aromatic carbocycles. The van der Waals surface area contributed by atoms with Gasteiger partial charge >= 0.3 is 0 Å². The Morgan fingerprint density at radius 3 is 2.88 bits per heavy atom. The highest BCUT2D eigenvalue weighted by atomic mass is 32.2. The fourth-order valence-electron chi connectivity index (χ4n) is 3.46. The van der Waals surface area contributed by atoms with Crippen LogP contribution in [0.5, 0.6) is 0 Å². The lowest BCUT2D eigenvalue weighted by atomic mass is 10.1. The summed E-state index contributed by atoms with van der Waals surface area (Å²) in [6.07, 6.45) is 2.83. The Kier molecular flexibility index (Phi) is 3.74. The number of likely N-dealkylation sites (tertiary alicyclic amines) is 1. The number of nitrogens with zero attached hydrogens (tertiary/aromatic N) is 3. The third kappa shape index (κ3) is 2.56. The van der Waals surface area contributed by atoms with Gasteiger partial charge in [-0.05, 0) is 13.0 Å². The molecule has 2 aromatic heterocycles. The Morgan fingerprint density at radius 2 is 2.25 bits per heavy atom. The van der Waals surface area contributed by atoms with Crippen molar-refractivity contribution in [3.63, 3.8) is 0 Å². The van der Waals surface area contributed by atoms with E-state index in [1.54, 1.807) is 11.0 Å². The van der Waals surface area contributed by atoms with Crippen molar-refractivity contribution in [3.8, 4) is 0 Å². The highest BCUT2D eigenvalue weighted by Gasteiger charge is 2.52. The molecule has 2 atom stereocenters. The van der Waals surface area contributed by atoms with Crippen molar-refractivity contribution in [3.05, 3.63) is 40.2 Å². The van der Waals surface area contributed by atoms with Crippen LogP contribution in [0.25, 0.3) is 0 Å². The smallest absolute Gasteiger partial charge is 0.257 e. The average molecular weight is 367 g/mol. The van der Waals surface area contributed by atoms with Crippen LogP contribution in [0.3, 0.4) is 0 Å². The number of hydrogen-bond donors (Lipinski definition) is 0. The van der Waals surface area contributed by atoms with Gasteiger partial charge in [0.1, 0.15) is 6.26 Å². The predicted octanol–water partition coefficient (Wildman–Crippen LogP) is 1.33. The van der Waals surface area contributed by atoms with Crippen LogP contribution >= 0.6 is 11.3 Å². The summed E-state index contributed by atoms with van der Waals surface area (Å²) in [6, 6.07) is 1.60. The SMILES string of the molecule is Cc1nc(CN2C[C@H]3CN(C(=O)c4ccoc4)C[C@@H]3S2(=O)=O)cs1. The monoisotopic (exact) mass is 367 g/mol. The lowest BCUT2D eigenvalue weighted by Gasteiger charge is -2.20. The standard InChI is InChI=1S/C15H17N3O4S2/c1-10-16-13(9-23-10)6-18-5-12-4-17(7-14(12)24(18,20)21)15(19)11-2-3-22-8-11/h2-3,8-9,12,14H,4-7H2,1H3/t12-,14+/m1/s1. The van der Waals surface area contributed by atoms with Crippen molar-refractivity contribution in [2.45, 2.75) is 18.7 Å². The molecule has 2 saturated heterocycles. The molecular weight excluding hydrogens is 350 g/mol. The number of carbonyl (C=O) groups excluding carboxylic acids is 1. The fraction of sp³-hybridized carbons (Fsp3) is 0.467. The summed E-state index contributed by atoms with van der Waals surface area (Å²) in [5, 5.41) is 2.31. The van der Waals surface area contributed by atoms with Gasteiger partial charge in [-0.15, -0.1) is 11.3 Å². The predicted molar refractivity (Wildman–Crippen MR) is 88.1 cm³/mol. The number of aryl methyl sites for hydroxylation is 1. The molecule has 0 unspecified atom stereocenters. The third-order valence-electron chi connectivity index (χ3n) is 4.62. The van der Waals surface area contributed by atoms with Crippen molar-refractivity contribution in [2.75, 3.05) is 19.6 Å². The number of furan rings is 1. The molecule has 0 spiro atoms. The summed E-state index contributed by atoms with van der Waals surface area (Å²) < 4.78 is 32.0. The topological polar surface area (TPSA) is 83.7 Å². The maximum atomic E-state index is 12.8. The third-order valence-corrected chi connectivity index (χ3v) is 7.74. The van der Waals surface area contributed by atoms with E-state index in [9.17, 15) is 13.2 Å². The van der Waals surface area contributed by atoms with Crippen molar-refractivity contribution < 1.29 is 17.6 Å². The van der Waals surface area contributed by atoms with Gasteiger partial charge in [-0.2, -0.15) is 4.31 Å². The Balaban J connectivity index is 1.49. The second kappa shape index (κ2) is 5.68. The van der Waals surface area contributed by atoms with Crippen LogP contribution in [0, 0.1) is 12.8 Å². The van der Waals surface area contributed by atoms with Gasteiger partial charge in [0.05, 0.1) is 34.3 Å². The van der Waals surface area contributed by atoms with E-state index >= 15 is 0 Å². The number of thiazole rings is 1. The number of rotatable bonds is 3. The Hall–Kier alpha value is -1.71. The van der Waals surface area contributed by atoms with E-state index in [4.69, 9.17) is 4.42 Å². The maximum absolute atomic E-state index is 12.8. The van der Waals surface area contributed by atoms with E-state index in [0.29, 0.717) is 25.2 Å². The van der Waals surface area contributed by atoms with Crippen molar-refractivity contribution in [2.24, 2.45) is 5.92 Å². The molecule has 0 aliphatic carbocycles. The minimum absolute atomic E-state index is 0.0504. The van der Waals surface area contributed by atoms with Gasteiger partial charge in [0.15, 0.2) is 0 Å². The minimum atomic E-state index is -3.41. The van der Waals surface area contributed by atoms with Crippen LogP contribution < -0.4 is 0 Å². The molecular formula is C15H17N3O4S2. The first kappa shape index (κ1) is 15.8. The van der Waals surface area contributed by atoms with E-state index in [-0.39, 0.29) is 18.4 Å². The van der Waals surface area contributed by atoms with Gasteiger partial charge in [-0.25, -0.2) is 13.4 Å². The van der Waals surface area contributed by atoms with Gasteiger partial charge in [-0.3, -0.25) is 4.79 Å². The average Bonchev–Trinajstić information content (AvgIpc) is 3.28. The number of fused-ring (bicyclic) bond motifs is 1. The molecule has 0 radical (unpaired) electrons. The minimum Gasteiger partial charge on any atom is -0.472 e. The van der Waals surface area contributed by atoms with Gasteiger partial charge < -0.3 is 9.32 Å². The number of sulfonamides is 1. The van der Waals surface area contributed by atoms with Gasteiger partial charge in [-0.1, -0.05) is 0 Å². The first-order valence-corrected chi connectivity index (χ1v) is 10.0. The summed E-state index contributed by atoms with van der Waals surface area (Å²) in [7, 11) is -3.41. The molecule has 2 aliphatic rings. The highest BCUT2D eigenvalue weighted by molar-refractivity contribution is 7.90. The molecule has 7 nitrogen and oxygen atoms in total. The zero-order valence-electron chi connectivity index (χ0n) is 13.1. The van der Waals surface area contributed by atoms with E-state index < -0.39 is 15.3 Å². The lowest BCUT2D eigenvalue weighted by Crippen LogP contribution is -2.36. The molecule has 2 aliphatic heterocycles.